The Morgan fingerprint density at radius 1 is 1.03 bits per heavy atom. The van der Waals surface area contributed by atoms with Gasteiger partial charge in [-0.3, -0.25) is 4.79 Å². The van der Waals surface area contributed by atoms with Crippen LogP contribution in [0.3, 0.4) is 0 Å². The van der Waals surface area contributed by atoms with E-state index >= 15 is 0 Å². The molecule has 1 amide bonds. The molecule has 1 unspecified atom stereocenters. The molecule has 0 N–H and O–H groups in total. The standard InChI is InChI=1S/C27H28BrNO4/c1-18(2)33-24-11-12-25-19(16-24)13-14-29(27(30)20-5-4-6-21(28)15-20)26(25)17-32-23-9-7-22(31-3)8-10-23/h4-12,15-16,18,26H,13-14,17H2,1-3H3. The molecule has 1 heterocycles. The first-order valence-electron chi connectivity index (χ1n) is 11.1. The second kappa shape index (κ2) is 10.3. The third-order valence-corrected chi connectivity index (χ3v) is 6.14. The first-order valence-corrected chi connectivity index (χ1v) is 11.9. The van der Waals surface area contributed by atoms with Crippen molar-refractivity contribution in [3.63, 3.8) is 0 Å². The molecule has 0 radical (unpaired) electrons. The molecule has 5 nitrogen and oxygen atoms in total. The zero-order chi connectivity index (χ0) is 23.4. The molecular formula is C27H28BrNO4. The van der Waals surface area contributed by atoms with Crippen LogP contribution in [0.15, 0.2) is 71.2 Å². The van der Waals surface area contributed by atoms with Crippen LogP contribution in [0.1, 0.15) is 41.4 Å². The van der Waals surface area contributed by atoms with Gasteiger partial charge in [0.15, 0.2) is 0 Å². The van der Waals surface area contributed by atoms with Gasteiger partial charge in [-0.1, -0.05) is 28.1 Å². The lowest BCUT2D eigenvalue weighted by molar-refractivity contribution is 0.0589. The molecule has 3 aromatic carbocycles. The number of amides is 1. The SMILES string of the molecule is COc1ccc(OCC2c3ccc(OC(C)C)cc3CCN2C(=O)c2cccc(Br)c2)cc1. The van der Waals surface area contributed by atoms with Crippen molar-refractivity contribution in [2.75, 3.05) is 20.3 Å². The van der Waals surface area contributed by atoms with E-state index < -0.39 is 0 Å². The van der Waals surface area contributed by atoms with E-state index in [1.165, 1.54) is 5.56 Å². The molecule has 33 heavy (non-hydrogen) atoms. The average molecular weight is 510 g/mol. The Balaban J connectivity index is 1.63. The van der Waals surface area contributed by atoms with Crippen LogP contribution in [0.25, 0.3) is 0 Å². The lowest BCUT2D eigenvalue weighted by Crippen LogP contribution is -2.42. The van der Waals surface area contributed by atoms with Gasteiger partial charge >= 0.3 is 0 Å². The van der Waals surface area contributed by atoms with Gasteiger partial charge in [0.25, 0.3) is 5.91 Å². The van der Waals surface area contributed by atoms with E-state index in [4.69, 9.17) is 14.2 Å². The number of benzene rings is 3. The number of methoxy groups -OCH3 is 1. The smallest absolute Gasteiger partial charge is 0.254 e. The highest BCUT2D eigenvalue weighted by atomic mass is 79.9. The summed E-state index contributed by atoms with van der Waals surface area (Å²) in [5.74, 6) is 2.35. The van der Waals surface area contributed by atoms with Gasteiger partial charge in [0, 0.05) is 16.6 Å². The molecule has 172 valence electrons. The fraction of sp³-hybridized carbons (Fsp3) is 0.296. The molecule has 1 aliphatic rings. The summed E-state index contributed by atoms with van der Waals surface area (Å²) in [6.45, 7) is 5.00. The van der Waals surface area contributed by atoms with E-state index in [0.717, 1.165) is 33.7 Å². The lowest BCUT2D eigenvalue weighted by atomic mass is 9.92. The van der Waals surface area contributed by atoms with Gasteiger partial charge in [-0.25, -0.2) is 0 Å². The number of fused-ring (bicyclic) bond motifs is 1. The minimum absolute atomic E-state index is 0.00668. The van der Waals surface area contributed by atoms with E-state index in [1.807, 2.05) is 73.3 Å². The average Bonchev–Trinajstić information content (AvgIpc) is 2.81. The molecule has 3 aromatic rings. The monoisotopic (exact) mass is 509 g/mol. The van der Waals surface area contributed by atoms with Crippen molar-refractivity contribution in [2.24, 2.45) is 0 Å². The maximum atomic E-state index is 13.5. The topological polar surface area (TPSA) is 48.0 Å². The summed E-state index contributed by atoms with van der Waals surface area (Å²) in [6, 6.07) is 20.9. The second-order valence-corrected chi connectivity index (χ2v) is 9.20. The molecule has 4 rings (SSSR count). The number of rotatable bonds is 7. The predicted molar refractivity (Wildman–Crippen MR) is 132 cm³/mol. The maximum absolute atomic E-state index is 13.5. The highest BCUT2D eigenvalue weighted by molar-refractivity contribution is 9.10. The van der Waals surface area contributed by atoms with Gasteiger partial charge in [-0.05, 0) is 86.0 Å². The Kier molecular flexibility index (Phi) is 7.23. The quantitative estimate of drug-likeness (QED) is 0.388. The van der Waals surface area contributed by atoms with Crippen molar-refractivity contribution >= 4 is 21.8 Å². The van der Waals surface area contributed by atoms with Crippen LogP contribution in [0.4, 0.5) is 0 Å². The molecule has 6 heteroatoms. The minimum Gasteiger partial charge on any atom is -0.497 e. The third kappa shape index (κ3) is 5.50. The summed E-state index contributed by atoms with van der Waals surface area (Å²) in [6.07, 6.45) is 0.874. The summed E-state index contributed by atoms with van der Waals surface area (Å²) in [5.41, 5.74) is 2.94. The molecular weight excluding hydrogens is 482 g/mol. The van der Waals surface area contributed by atoms with Crippen LogP contribution in [-0.4, -0.2) is 37.2 Å². The predicted octanol–water partition coefficient (Wildman–Crippen LogP) is 6.06. The maximum Gasteiger partial charge on any atom is 0.254 e. The number of ether oxygens (including phenoxy) is 3. The summed E-state index contributed by atoms with van der Waals surface area (Å²) in [4.78, 5) is 15.4. The summed E-state index contributed by atoms with van der Waals surface area (Å²) in [5, 5.41) is 0. The number of nitrogens with zero attached hydrogens (tertiary/aromatic N) is 1. The van der Waals surface area contributed by atoms with Gasteiger partial charge in [0.2, 0.25) is 0 Å². The van der Waals surface area contributed by atoms with Crippen LogP contribution in [0, 0.1) is 0 Å². The summed E-state index contributed by atoms with van der Waals surface area (Å²) in [7, 11) is 1.64. The Hall–Kier alpha value is -2.99. The van der Waals surface area contributed by atoms with E-state index in [1.54, 1.807) is 7.11 Å². The third-order valence-electron chi connectivity index (χ3n) is 5.64. The van der Waals surface area contributed by atoms with Gasteiger partial charge in [-0.15, -0.1) is 0 Å². The Bertz CT molecular complexity index is 1110. The summed E-state index contributed by atoms with van der Waals surface area (Å²) >= 11 is 3.48. The van der Waals surface area contributed by atoms with E-state index in [9.17, 15) is 4.79 Å². The fourth-order valence-electron chi connectivity index (χ4n) is 4.09. The van der Waals surface area contributed by atoms with Crippen molar-refractivity contribution in [2.45, 2.75) is 32.4 Å². The van der Waals surface area contributed by atoms with Crippen molar-refractivity contribution in [3.05, 3.63) is 87.9 Å². The molecule has 0 bridgehead atoms. The number of carbonyl (C=O) groups excluding carboxylic acids is 1. The Labute approximate surface area is 203 Å². The van der Waals surface area contributed by atoms with Gasteiger partial charge in [-0.2, -0.15) is 0 Å². The van der Waals surface area contributed by atoms with Crippen LogP contribution < -0.4 is 14.2 Å². The van der Waals surface area contributed by atoms with Crippen molar-refractivity contribution in [1.29, 1.82) is 0 Å². The van der Waals surface area contributed by atoms with Crippen LogP contribution >= 0.6 is 15.9 Å². The second-order valence-electron chi connectivity index (χ2n) is 8.29. The number of halogens is 1. The molecule has 0 fully saturated rings. The minimum atomic E-state index is -0.213. The zero-order valence-electron chi connectivity index (χ0n) is 19.1. The Morgan fingerprint density at radius 2 is 1.76 bits per heavy atom. The van der Waals surface area contributed by atoms with Gasteiger partial charge in [0.05, 0.1) is 19.3 Å². The van der Waals surface area contributed by atoms with E-state index in [-0.39, 0.29) is 18.1 Å². The van der Waals surface area contributed by atoms with E-state index in [0.29, 0.717) is 18.7 Å². The molecule has 0 aromatic heterocycles. The van der Waals surface area contributed by atoms with Crippen LogP contribution in [-0.2, 0) is 6.42 Å². The largest absolute Gasteiger partial charge is 0.497 e. The zero-order valence-corrected chi connectivity index (χ0v) is 20.7. The molecule has 0 saturated heterocycles. The molecule has 1 aliphatic heterocycles. The summed E-state index contributed by atoms with van der Waals surface area (Å²) < 4.78 is 18.2. The van der Waals surface area contributed by atoms with Crippen LogP contribution in [0.5, 0.6) is 17.2 Å². The van der Waals surface area contributed by atoms with Gasteiger partial charge in [0.1, 0.15) is 23.9 Å². The number of hydrogen-bond donors (Lipinski definition) is 0. The fourth-order valence-corrected chi connectivity index (χ4v) is 4.49. The highest BCUT2D eigenvalue weighted by Crippen LogP contribution is 2.34. The first kappa shape index (κ1) is 23.2. The number of hydrogen-bond acceptors (Lipinski definition) is 4. The molecule has 0 spiro atoms. The van der Waals surface area contributed by atoms with Crippen molar-refractivity contribution in [3.8, 4) is 17.2 Å². The highest BCUT2D eigenvalue weighted by Gasteiger charge is 2.32. The van der Waals surface area contributed by atoms with Crippen molar-refractivity contribution < 1.29 is 19.0 Å². The van der Waals surface area contributed by atoms with Crippen molar-refractivity contribution in [1.82, 2.24) is 4.90 Å². The van der Waals surface area contributed by atoms with Crippen LogP contribution in [0.2, 0.25) is 0 Å². The normalized spacial score (nSPS) is 15.2. The van der Waals surface area contributed by atoms with E-state index in [2.05, 4.69) is 28.1 Å². The lowest BCUT2D eigenvalue weighted by Gasteiger charge is -2.37. The van der Waals surface area contributed by atoms with Gasteiger partial charge < -0.3 is 19.1 Å². The Morgan fingerprint density at radius 3 is 2.45 bits per heavy atom. The first-order chi connectivity index (χ1) is 15.9. The molecule has 0 aliphatic carbocycles. The number of carbonyl (C=O) groups is 1. The molecule has 1 atom stereocenters. The molecule has 0 saturated carbocycles.